The molecular weight excluding hydrogens is 295 g/mol. The van der Waals surface area contributed by atoms with Crippen molar-refractivity contribution >= 4 is 8.58 Å². The fraction of sp³-hybridized carbons (Fsp3) is 1.00. The van der Waals surface area contributed by atoms with Crippen LogP contribution in [0.3, 0.4) is 0 Å². The summed E-state index contributed by atoms with van der Waals surface area (Å²) in [6.45, 7) is 2.31. The van der Waals surface area contributed by atoms with E-state index in [0.29, 0.717) is 0 Å². The number of hydrogen-bond donors (Lipinski definition) is 0. The molecule has 23 heavy (non-hydrogen) atoms. The molecule has 0 N–H and O–H groups in total. The van der Waals surface area contributed by atoms with Crippen molar-refractivity contribution in [2.75, 3.05) is 6.16 Å². The molecule has 0 aliphatic heterocycles. The molecule has 0 bridgehead atoms. The minimum absolute atomic E-state index is 1.04. The zero-order valence-corrected chi connectivity index (χ0v) is 17.1. The molecule has 1 fully saturated rings. The molecule has 1 aliphatic carbocycles. The minimum Gasteiger partial charge on any atom is -0.0775 e. The lowest BCUT2D eigenvalue weighted by atomic mass is 10.1. The Bertz CT molecular complexity index is 214. The summed E-state index contributed by atoms with van der Waals surface area (Å²) in [5.74, 6) is 0. The van der Waals surface area contributed by atoms with E-state index >= 15 is 0 Å². The maximum Gasteiger partial charge on any atom is -0.0170 e. The van der Waals surface area contributed by atoms with E-state index in [0.717, 1.165) is 5.66 Å². The first kappa shape index (κ1) is 21.5. The first-order valence-corrected chi connectivity index (χ1v) is 12.2. The Morgan fingerprint density at radius 1 is 0.565 bits per heavy atom. The predicted octanol–water partition coefficient (Wildman–Crippen LogP) is 8.75. The summed E-state index contributed by atoms with van der Waals surface area (Å²) in [5.41, 5.74) is 1.04. The second-order valence-corrected chi connectivity index (χ2v) is 9.34. The van der Waals surface area contributed by atoms with Gasteiger partial charge < -0.3 is 0 Å². The van der Waals surface area contributed by atoms with Crippen LogP contribution < -0.4 is 0 Å². The van der Waals surface area contributed by atoms with Crippen LogP contribution in [0.1, 0.15) is 129 Å². The highest BCUT2D eigenvalue weighted by Gasteiger charge is 2.10. The molecule has 1 rings (SSSR count). The van der Waals surface area contributed by atoms with Crippen molar-refractivity contribution in [2.24, 2.45) is 0 Å². The summed E-state index contributed by atoms with van der Waals surface area (Å²) in [6.07, 6.45) is 29.8. The third-order valence-corrected chi connectivity index (χ3v) is 7.08. The highest BCUT2D eigenvalue weighted by molar-refractivity contribution is 7.38. The van der Waals surface area contributed by atoms with E-state index in [-0.39, 0.29) is 0 Å². The SMILES string of the molecule is CCCCCCCCCCC[P]C1CCCCCCCCCC1. The summed E-state index contributed by atoms with van der Waals surface area (Å²) < 4.78 is 0. The van der Waals surface area contributed by atoms with Crippen LogP contribution in [0.5, 0.6) is 0 Å². The van der Waals surface area contributed by atoms with Crippen molar-refractivity contribution in [3.05, 3.63) is 0 Å². The summed E-state index contributed by atoms with van der Waals surface area (Å²) in [4.78, 5) is 0. The van der Waals surface area contributed by atoms with E-state index in [4.69, 9.17) is 0 Å². The quantitative estimate of drug-likeness (QED) is 0.261. The predicted molar refractivity (Wildman–Crippen MR) is 109 cm³/mol. The van der Waals surface area contributed by atoms with Crippen LogP contribution in [-0.4, -0.2) is 11.8 Å². The van der Waals surface area contributed by atoms with Gasteiger partial charge in [-0.3, -0.25) is 0 Å². The van der Waals surface area contributed by atoms with Crippen molar-refractivity contribution in [3.8, 4) is 0 Å². The minimum atomic E-state index is 1.04. The van der Waals surface area contributed by atoms with E-state index in [9.17, 15) is 0 Å². The van der Waals surface area contributed by atoms with Crippen LogP contribution in [-0.2, 0) is 0 Å². The van der Waals surface area contributed by atoms with Gasteiger partial charge in [-0.2, -0.15) is 0 Å². The van der Waals surface area contributed by atoms with Gasteiger partial charge in [-0.15, -0.1) is 0 Å². The van der Waals surface area contributed by atoms with Gasteiger partial charge in [0.15, 0.2) is 0 Å². The Morgan fingerprint density at radius 3 is 1.52 bits per heavy atom. The molecule has 1 saturated carbocycles. The van der Waals surface area contributed by atoms with Crippen LogP contribution in [0.25, 0.3) is 0 Å². The monoisotopic (exact) mass is 339 g/mol. The standard InChI is InChI=1S/C22H44P/c1-2-3-4-5-6-9-12-15-18-21-23-22-19-16-13-10-7-8-11-14-17-20-22/h22H,2-21H2,1H3. The summed E-state index contributed by atoms with van der Waals surface area (Å²) in [7, 11) is 1.80. The van der Waals surface area contributed by atoms with Crippen molar-refractivity contribution in [1.29, 1.82) is 0 Å². The molecule has 0 amide bonds. The Morgan fingerprint density at radius 2 is 1.00 bits per heavy atom. The van der Waals surface area contributed by atoms with Gasteiger partial charge in [0, 0.05) is 0 Å². The molecule has 0 unspecified atom stereocenters. The van der Waals surface area contributed by atoms with Crippen LogP contribution in [0.15, 0.2) is 0 Å². The first-order chi connectivity index (χ1) is 11.4. The van der Waals surface area contributed by atoms with E-state index in [1.54, 1.807) is 8.58 Å². The maximum atomic E-state index is 2.31. The smallest absolute Gasteiger partial charge is 0.0170 e. The molecule has 137 valence electrons. The average molecular weight is 340 g/mol. The number of hydrogen-bond acceptors (Lipinski definition) is 0. The van der Waals surface area contributed by atoms with Gasteiger partial charge in [0.1, 0.15) is 0 Å². The lowest BCUT2D eigenvalue weighted by molar-refractivity contribution is 0.571. The Balaban J connectivity index is 1.93. The van der Waals surface area contributed by atoms with Gasteiger partial charge in [0.25, 0.3) is 0 Å². The third kappa shape index (κ3) is 14.5. The molecule has 0 heterocycles. The molecular formula is C22H44P. The van der Waals surface area contributed by atoms with Crippen LogP contribution >= 0.6 is 8.58 Å². The van der Waals surface area contributed by atoms with Crippen LogP contribution in [0, 0.1) is 0 Å². The van der Waals surface area contributed by atoms with E-state index < -0.39 is 0 Å². The first-order valence-electron chi connectivity index (χ1n) is 11.1. The van der Waals surface area contributed by atoms with Gasteiger partial charge in [-0.05, 0) is 31.1 Å². The Labute approximate surface area is 149 Å². The number of unbranched alkanes of at least 4 members (excludes halogenated alkanes) is 8. The van der Waals surface area contributed by atoms with Gasteiger partial charge in [0.2, 0.25) is 0 Å². The van der Waals surface area contributed by atoms with E-state index in [1.165, 1.54) is 128 Å². The molecule has 0 aromatic carbocycles. The second-order valence-electron chi connectivity index (χ2n) is 7.79. The van der Waals surface area contributed by atoms with E-state index in [1.807, 2.05) is 0 Å². The summed E-state index contributed by atoms with van der Waals surface area (Å²) in [5, 5.41) is 0. The molecule has 0 nitrogen and oxygen atoms in total. The largest absolute Gasteiger partial charge is 0.0775 e. The van der Waals surface area contributed by atoms with Crippen molar-refractivity contribution in [3.63, 3.8) is 0 Å². The zero-order chi connectivity index (χ0) is 16.4. The lowest BCUT2D eigenvalue weighted by Gasteiger charge is -2.15. The fourth-order valence-electron chi connectivity index (χ4n) is 3.84. The molecule has 1 aliphatic rings. The molecule has 0 aromatic heterocycles. The molecule has 0 saturated heterocycles. The third-order valence-electron chi connectivity index (χ3n) is 5.47. The number of rotatable bonds is 11. The molecule has 0 atom stereocenters. The maximum absolute atomic E-state index is 2.31. The van der Waals surface area contributed by atoms with Gasteiger partial charge in [-0.1, -0.05) is 118 Å². The average Bonchev–Trinajstić information content (AvgIpc) is 2.62. The second kappa shape index (κ2) is 17.3. The van der Waals surface area contributed by atoms with Gasteiger partial charge >= 0.3 is 0 Å². The summed E-state index contributed by atoms with van der Waals surface area (Å²) >= 11 is 0. The Kier molecular flexibility index (Phi) is 16.1. The highest BCUT2D eigenvalue weighted by atomic mass is 31.1. The van der Waals surface area contributed by atoms with E-state index in [2.05, 4.69) is 6.92 Å². The molecule has 0 aromatic rings. The lowest BCUT2D eigenvalue weighted by Crippen LogP contribution is -2.02. The summed E-state index contributed by atoms with van der Waals surface area (Å²) in [6, 6.07) is 0. The fourth-order valence-corrected chi connectivity index (χ4v) is 5.35. The normalized spacial score (nSPS) is 19.2. The van der Waals surface area contributed by atoms with Gasteiger partial charge in [-0.25, -0.2) is 0 Å². The Hall–Kier alpha value is 0.430. The van der Waals surface area contributed by atoms with Crippen molar-refractivity contribution in [2.45, 2.75) is 135 Å². The zero-order valence-electron chi connectivity index (χ0n) is 16.2. The van der Waals surface area contributed by atoms with Crippen LogP contribution in [0.4, 0.5) is 0 Å². The van der Waals surface area contributed by atoms with Crippen molar-refractivity contribution in [1.82, 2.24) is 0 Å². The molecule has 0 spiro atoms. The molecule has 1 heteroatoms. The topological polar surface area (TPSA) is 0 Å². The molecule has 1 radical (unpaired) electrons. The van der Waals surface area contributed by atoms with Gasteiger partial charge in [0.05, 0.1) is 0 Å². The van der Waals surface area contributed by atoms with Crippen molar-refractivity contribution < 1.29 is 0 Å². The highest BCUT2D eigenvalue weighted by Crippen LogP contribution is 2.31. The van der Waals surface area contributed by atoms with Crippen LogP contribution in [0.2, 0.25) is 0 Å².